The third kappa shape index (κ3) is 4.61. The number of amides is 2. The van der Waals surface area contributed by atoms with Crippen LogP contribution in [0.15, 0.2) is 5.38 Å². The average molecular weight is 299 g/mol. The predicted molar refractivity (Wildman–Crippen MR) is 74.6 cm³/mol. The number of carbonyl (C=O) groups is 3. The topological polar surface area (TPSA) is 88.6 Å². The molecular formula is C12H17N3O4S. The number of rotatable bonds is 6. The highest BCUT2D eigenvalue weighted by Crippen LogP contribution is 2.17. The van der Waals surface area contributed by atoms with E-state index in [1.807, 2.05) is 6.92 Å². The third-order valence-electron chi connectivity index (χ3n) is 2.33. The second-order valence-electron chi connectivity index (χ2n) is 4.02. The predicted octanol–water partition coefficient (Wildman–Crippen LogP) is 1.13. The van der Waals surface area contributed by atoms with Crippen LogP contribution in [0, 0.1) is 0 Å². The van der Waals surface area contributed by atoms with Crippen LogP contribution in [0.4, 0.5) is 5.13 Å². The van der Waals surface area contributed by atoms with Gasteiger partial charge >= 0.3 is 5.97 Å². The number of hydrogen-bond donors (Lipinski definition) is 1. The smallest absolute Gasteiger partial charge is 0.325 e. The van der Waals surface area contributed by atoms with Gasteiger partial charge in [0, 0.05) is 18.8 Å². The van der Waals surface area contributed by atoms with E-state index in [-0.39, 0.29) is 24.1 Å². The lowest BCUT2D eigenvalue weighted by molar-refractivity contribution is -0.141. The molecule has 1 aromatic heterocycles. The zero-order chi connectivity index (χ0) is 15.1. The number of nitrogens with one attached hydrogen (secondary N) is 1. The van der Waals surface area contributed by atoms with E-state index in [0.29, 0.717) is 18.1 Å². The molecule has 0 aromatic carbocycles. The van der Waals surface area contributed by atoms with E-state index >= 15 is 0 Å². The molecule has 0 aliphatic heterocycles. The number of thiazole rings is 1. The van der Waals surface area contributed by atoms with Crippen LogP contribution in [-0.4, -0.2) is 47.9 Å². The first-order chi connectivity index (χ1) is 9.47. The first-order valence-electron chi connectivity index (χ1n) is 6.07. The van der Waals surface area contributed by atoms with Crippen molar-refractivity contribution in [3.63, 3.8) is 0 Å². The van der Waals surface area contributed by atoms with E-state index < -0.39 is 5.97 Å². The molecule has 1 heterocycles. The first-order valence-corrected chi connectivity index (χ1v) is 6.95. The molecule has 20 heavy (non-hydrogen) atoms. The standard InChI is InChI=1S/C12H17N3O4S/c1-4-5-15(6-10(17)19-3)11(18)9-7-20-12(14-9)13-8(2)16/h7H,4-6H2,1-3H3,(H,13,14,16). The van der Waals surface area contributed by atoms with Crippen molar-refractivity contribution in [2.45, 2.75) is 20.3 Å². The van der Waals surface area contributed by atoms with Crippen molar-refractivity contribution in [1.29, 1.82) is 0 Å². The van der Waals surface area contributed by atoms with Crippen LogP contribution < -0.4 is 5.32 Å². The maximum absolute atomic E-state index is 12.2. The molecule has 1 rings (SSSR count). The molecule has 0 radical (unpaired) electrons. The Morgan fingerprint density at radius 1 is 1.45 bits per heavy atom. The van der Waals surface area contributed by atoms with Crippen LogP contribution in [0.3, 0.4) is 0 Å². The zero-order valence-electron chi connectivity index (χ0n) is 11.6. The van der Waals surface area contributed by atoms with Gasteiger partial charge in [-0.1, -0.05) is 6.92 Å². The molecule has 0 atom stereocenters. The van der Waals surface area contributed by atoms with Crippen molar-refractivity contribution in [1.82, 2.24) is 9.88 Å². The Morgan fingerprint density at radius 3 is 2.70 bits per heavy atom. The van der Waals surface area contributed by atoms with Gasteiger partial charge in [-0.15, -0.1) is 11.3 Å². The Bertz CT molecular complexity index is 501. The summed E-state index contributed by atoms with van der Waals surface area (Å²) in [4.78, 5) is 39.8. The van der Waals surface area contributed by atoms with Crippen LogP contribution in [-0.2, 0) is 14.3 Å². The highest BCUT2D eigenvalue weighted by atomic mass is 32.1. The van der Waals surface area contributed by atoms with E-state index in [0.717, 1.165) is 11.3 Å². The van der Waals surface area contributed by atoms with Gasteiger partial charge in [0.15, 0.2) is 5.13 Å². The SMILES string of the molecule is CCCN(CC(=O)OC)C(=O)c1csc(NC(C)=O)n1. The Balaban J connectivity index is 2.80. The van der Waals surface area contributed by atoms with E-state index in [2.05, 4.69) is 15.0 Å². The Kier molecular flexibility index (Phi) is 6.10. The van der Waals surface area contributed by atoms with E-state index in [1.165, 1.54) is 18.9 Å². The van der Waals surface area contributed by atoms with Gasteiger partial charge in [0.1, 0.15) is 12.2 Å². The van der Waals surface area contributed by atoms with E-state index in [4.69, 9.17) is 0 Å². The molecule has 2 amide bonds. The van der Waals surface area contributed by atoms with Gasteiger partial charge in [0.25, 0.3) is 5.91 Å². The summed E-state index contributed by atoms with van der Waals surface area (Å²) in [5, 5.41) is 4.42. The lowest BCUT2D eigenvalue weighted by atomic mass is 10.3. The van der Waals surface area contributed by atoms with Gasteiger partial charge in [-0.05, 0) is 6.42 Å². The number of hydrogen-bond acceptors (Lipinski definition) is 6. The molecule has 1 aromatic rings. The van der Waals surface area contributed by atoms with Crippen LogP contribution in [0.5, 0.6) is 0 Å². The summed E-state index contributed by atoms with van der Waals surface area (Å²) in [6.45, 7) is 3.59. The van der Waals surface area contributed by atoms with Crippen molar-refractivity contribution >= 4 is 34.3 Å². The number of aromatic nitrogens is 1. The summed E-state index contributed by atoms with van der Waals surface area (Å²) >= 11 is 1.16. The summed E-state index contributed by atoms with van der Waals surface area (Å²) < 4.78 is 4.56. The number of esters is 1. The van der Waals surface area contributed by atoms with Crippen LogP contribution in [0.1, 0.15) is 30.8 Å². The van der Waals surface area contributed by atoms with Gasteiger partial charge in [0.05, 0.1) is 7.11 Å². The third-order valence-corrected chi connectivity index (χ3v) is 3.09. The molecule has 0 bridgehead atoms. The largest absolute Gasteiger partial charge is 0.468 e. The molecule has 0 saturated carbocycles. The number of anilines is 1. The zero-order valence-corrected chi connectivity index (χ0v) is 12.5. The van der Waals surface area contributed by atoms with Gasteiger partial charge in [-0.2, -0.15) is 0 Å². The molecule has 0 spiro atoms. The van der Waals surface area contributed by atoms with Gasteiger partial charge in [-0.3, -0.25) is 14.4 Å². The maximum Gasteiger partial charge on any atom is 0.325 e. The van der Waals surface area contributed by atoms with Crippen molar-refractivity contribution < 1.29 is 19.1 Å². The van der Waals surface area contributed by atoms with Crippen LogP contribution in [0.25, 0.3) is 0 Å². The van der Waals surface area contributed by atoms with E-state index in [1.54, 1.807) is 5.38 Å². The quantitative estimate of drug-likeness (QED) is 0.795. The minimum atomic E-state index is -0.482. The van der Waals surface area contributed by atoms with Crippen molar-refractivity contribution in [2.24, 2.45) is 0 Å². The lowest BCUT2D eigenvalue weighted by Gasteiger charge is -2.19. The molecule has 7 nitrogen and oxygen atoms in total. The van der Waals surface area contributed by atoms with Gasteiger partial charge in [-0.25, -0.2) is 4.98 Å². The second-order valence-corrected chi connectivity index (χ2v) is 4.88. The summed E-state index contributed by atoms with van der Waals surface area (Å²) in [6.07, 6.45) is 0.714. The molecule has 8 heteroatoms. The molecule has 110 valence electrons. The number of methoxy groups -OCH3 is 1. The molecule has 1 N–H and O–H groups in total. The summed E-state index contributed by atoms with van der Waals surface area (Å²) in [5.74, 6) is -1.09. The van der Waals surface area contributed by atoms with Crippen molar-refractivity contribution in [3.8, 4) is 0 Å². The molecular weight excluding hydrogens is 282 g/mol. The van der Waals surface area contributed by atoms with Crippen molar-refractivity contribution in [2.75, 3.05) is 25.5 Å². The first kappa shape index (κ1) is 16.1. The normalized spacial score (nSPS) is 9.95. The fraction of sp³-hybridized carbons (Fsp3) is 0.500. The summed E-state index contributed by atoms with van der Waals surface area (Å²) in [7, 11) is 1.27. The maximum atomic E-state index is 12.2. The molecule has 0 fully saturated rings. The minimum absolute atomic E-state index is 0.115. The summed E-state index contributed by atoms with van der Waals surface area (Å²) in [5.41, 5.74) is 0.205. The second kappa shape index (κ2) is 7.59. The fourth-order valence-corrected chi connectivity index (χ4v) is 2.22. The number of ether oxygens (including phenoxy) is 1. The Labute approximate surface area is 120 Å². The minimum Gasteiger partial charge on any atom is -0.468 e. The Hall–Kier alpha value is -1.96. The highest BCUT2D eigenvalue weighted by Gasteiger charge is 2.21. The molecule has 0 aliphatic rings. The van der Waals surface area contributed by atoms with E-state index in [9.17, 15) is 14.4 Å². The summed E-state index contributed by atoms with van der Waals surface area (Å²) in [6, 6.07) is 0. The average Bonchev–Trinajstić information content (AvgIpc) is 2.84. The van der Waals surface area contributed by atoms with Crippen LogP contribution in [0.2, 0.25) is 0 Å². The molecule has 0 aliphatic carbocycles. The lowest BCUT2D eigenvalue weighted by Crippen LogP contribution is -2.37. The number of nitrogens with zero attached hydrogens (tertiary/aromatic N) is 2. The molecule has 0 saturated heterocycles. The molecule has 0 unspecified atom stereocenters. The Morgan fingerprint density at radius 2 is 2.15 bits per heavy atom. The monoisotopic (exact) mass is 299 g/mol. The van der Waals surface area contributed by atoms with Crippen LogP contribution >= 0.6 is 11.3 Å². The highest BCUT2D eigenvalue weighted by molar-refractivity contribution is 7.14. The van der Waals surface area contributed by atoms with Gasteiger partial charge < -0.3 is 15.0 Å². The fourth-order valence-electron chi connectivity index (χ4n) is 1.48. The number of carbonyl (C=O) groups excluding carboxylic acids is 3. The van der Waals surface area contributed by atoms with Crippen molar-refractivity contribution in [3.05, 3.63) is 11.1 Å². The van der Waals surface area contributed by atoms with Gasteiger partial charge in [0.2, 0.25) is 5.91 Å².